The maximum atomic E-state index is 15.4. The van der Waals surface area contributed by atoms with Crippen LogP contribution in [-0.4, -0.2) is 40.0 Å². The summed E-state index contributed by atoms with van der Waals surface area (Å²) in [7, 11) is 3.59. The summed E-state index contributed by atoms with van der Waals surface area (Å²) in [6, 6.07) is 31.6. The summed E-state index contributed by atoms with van der Waals surface area (Å²) in [5.74, 6) is -0.499. The van der Waals surface area contributed by atoms with E-state index in [1.54, 1.807) is 46.9 Å². The Balaban J connectivity index is 0.000000160. The summed E-state index contributed by atoms with van der Waals surface area (Å²) >= 11 is 0. The van der Waals surface area contributed by atoms with Crippen LogP contribution in [0, 0.1) is 19.0 Å². The Labute approximate surface area is 358 Å². The van der Waals surface area contributed by atoms with Gasteiger partial charge >= 0.3 is 0 Å². The lowest BCUT2D eigenvalue weighted by atomic mass is 9.95. The Morgan fingerprint density at radius 3 is 1.76 bits per heavy atom. The monoisotopic (exact) mass is 829 g/mol. The fourth-order valence-corrected chi connectivity index (χ4v) is 8.32. The Kier molecular flexibility index (Phi) is 10.2. The largest absolute Gasteiger partial charge is 0.325 e. The molecule has 0 bridgehead atoms. The average molecular weight is 830 g/mol. The van der Waals surface area contributed by atoms with Crippen LogP contribution in [0.1, 0.15) is 18.3 Å². The van der Waals surface area contributed by atoms with Crippen LogP contribution < -0.4 is 16.9 Å². The first-order chi connectivity index (χ1) is 30.6. The lowest BCUT2D eigenvalue weighted by molar-refractivity contribution is 0.630. The van der Waals surface area contributed by atoms with E-state index < -0.39 is 5.82 Å². The Hall–Kier alpha value is -8.59. The fourth-order valence-electron chi connectivity index (χ4n) is 8.32. The SMILES string of the molecule is [C-]#[N+]c1c(-c2c(-c3ccc4c(=O)[nH]nc(CC)c4c3)cnn2C)ccc2ccccc12.[C-]#[N+]c1c(-c2c(-c3ccc4c(=O)[nH]nc(CN)c4c3)cnn2C)c(F)cc2ccccc12. The molecule has 0 saturated carbocycles. The highest BCUT2D eigenvalue weighted by atomic mass is 19.1. The number of H-pyrrole nitrogens is 2. The van der Waals surface area contributed by atoms with E-state index in [1.165, 1.54) is 6.07 Å². The molecule has 0 radical (unpaired) electrons. The van der Waals surface area contributed by atoms with Gasteiger partial charge in [0, 0.05) is 53.7 Å². The van der Waals surface area contributed by atoms with Gasteiger partial charge < -0.3 is 5.73 Å². The standard InChI is InChI=1S/C25H19N5O.C24H17FN6O/c1-4-22-20-13-16(10-11-18(20)25(31)29-28-22)21-14-27-30(3)24(21)19-12-9-15-7-5-6-8-17(15)23(19)26-2;1-27-22-15-6-4-3-5-13(15)10-19(25)21(22)23-18(12-28-31(23)2)14-7-8-16-17(9-14)20(11-26)29-30-24(16)32/h5-14H,4H2,1,3H3,(H,29,31);3-10,12H,11,26H2,2H3,(H,30,32). The molecule has 14 heteroatoms. The summed E-state index contributed by atoms with van der Waals surface area (Å²) in [6.45, 7) is 17.8. The summed E-state index contributed by atoms with van der Waals surface area (Å²) in [4.78, 5) is 32.0. The van der Waals surface area contributed by atoms with Crippen molar-refractivity contribution in [2.75, 3.05) is 0 Å². The fraction of sp³-hybridized carbons (Fsp3) is 0.102. The van der Waals surface area contributed by atoms with Gasteiger partial charge in [0.15, 0.2) is 0 Å². The molecule has 4 aromatic heterocycles. The van der Waals surface area contributed by atoms with Gasteiger partial charge in [-0.3, -0.25) is 19.0 Å². The molecule has 0 aliphatic heterocycles. The topological polar surface area (TPSA) is 162 Å². The predicted octanol–water partition coefficient (Wildman–Crippen LogP) is 9.55. The van der Waals surface area contributed by atoms with Gasteiger partial charge in [0.1, 0.15) is 5.82 Å². The van der Waals surface area contributed by atoms with Crippen molar-refractivity contribution in [1.29, 1.82) is 0 Å². The van der Waals surface area contributed by atoms with Gasteiger partial charge in [0.05, 0.1) is 59.1 Å². The molecule has 6 aromatic carbocycles. The highest BCUT2D eigenvalue weighted by Gasteiger charge is 2.23. The molecule has 10 aromatic rings. The number of nitrogens with zero attached hydrogens (tertiary/aromatic N) is 8. The number of fused-ring (bicyclic) bond motifs is 4. The summed E-state index contributed by atoms with van der Waals surface area (Å²) in [6.07, 6.45) is 4.15. The molecule has 0 aliphatic rings. The zero-order valence-corrected chi connectivity index (χ0v) is 34.2. The molecule has 4 N–H and O–H groups in total. The van der Waals surface area contributed by atoms with Crippen LogP contribution >= 0.6 is 0 Å². The summed E-state index contributed by atoms with van der Waals surface area (Å²) < 4.78 is 18.7. The smallest absolute Gasteiger partial charge is 0.272 e. The zero-order chi connectivity index (χ0) is 43.9. The van der Waals surface area contributed by atoms with Gasteiger partial charge in [0.25, 0.3) is 11.1 Å². The summed E-state index contributed by atoms with van der Waals surface area (Å²) in [5.41, 5.74) is 13.1. The van der Waals surface area contributed by atoms with Crippen LogP contribution in [0.2, 0.25) is 0 Å². The predicted molar refractivity (Wildman–Crippen MR) is 245 cm³/mol. The van der Waals surface area contributed by atoms with Gasteiger partial charge in [-0.15, -0.1) is 0 Å². The van der Waals surface area contributed by atoms with E-state index in [-0.39, 0.29) is 28.9 Å². The Morgan fingerprint density at radius 2 is 1.16 bits per heavy atom. The molecule has 63 heavy (non-hydrogen) atoms. The van der Waals surface area contributed by atoms with Crippen molar-refractivity contribution in [1.82, 2.24) is 40.0 Å². The highest BCUT2D eigenvalue weighted by molar-refractivity contribution is 6.05. The number of aromatic nitrogens is 8. The van der Waals surface area contributed by atoms with Gasteiger partial charge in [-0.1, -0.05) is 79.7 Å². The number of aromatic amines is 2. The maximum absolute atomic E-state index is 15.4. The van der Waals surface area contributed by atoms with E-state index in [2.05, 4.69) is 40.3 Å². The molecule has 13 nitrogen and oxygen atoms in total. The molecular formula is C49H36FN11O2. The minimum absolute atomic E-state index is 0.151. The number of aryl methyl sites for hydroxylation is 3. The molecule has 4 heterocycles. The molecule has 306 valence electrons. The van der Waals surface area contributed by atoms with Gasteiger partial charge in [-0.25, -0.2) is 24.3 Å². The zero-order valence-electron chi connectivity index (χ0n) is 34.2. The number of nitrogens with one attached hydrogen (secondary N) is 2. The van der Waals surface area contributed by atoms with Crippen molar-refractivity contribution in [2.45, 2.75) is 19.9 Å². The van der Waals surface area contributed by atoms with Crippen molar-refractivity contribution in [3.63, 3.8) is 0 Å². The Bertz CT molecular complexity index is 3680. The average Bonchev–Trinajstić information content (AvgIpc) is 3.89. The third-order valence-electron chi connectivity index (χ3n) is 11.4. The van der Waals surface area contributed by atoms with Crippen LogP contribution in [0.25, 0.3) is 97.5 Å². The molecular weight excluding hydrogens is 794 g/mol. The minimum Gasteiger partial charge on any atom is -0.325 e. The molecule has 0 amide bonds. The first-order valence-corrected chi connectivity index (χ1v) is 19.9. The second-order valence-electron chi connectivity index (χ2n) is 14.8. The van der Waals surface area contributed by atoms with Crippen molar-refractivity contribution in [2.24, 2.45) is 19.8 Å². The first-order valence-electron chi connectivity index (χ1n) is 19.9. The second kappa shape index (κ2) is 16.1. The molecule has 0 aliphatic carbocycles. The van der Waals surface area contributed by atoms with Crippen LogP contribution in [-0.2, 0) is 27.1 Å². The first kappa shape index (κ1) is 39.8. The molecule has 0 saturated heterocycles. The number of hydrogen-bond acceptors (Lipinski definition) is 7. The van der Waals surface area contributed by atoms with E-state index in [4.69, 9.17) is 18.9 Å². The normalized spacial score (nSPS) is 11.2. The van der Waals surface area contributed by atoms with Crippen LogP contribution in [0.3, 0.4) is 0 Å². The third-order valence-corrected chi connectivity index (χ3v) is 11.4. The van der Waals surface area contributed by atoms with Crippen molar-refractivity contribution >= 4 is 54.5 Å². The van der Waals surface area contributed by atoms with E-state index in [0.717, 1.165) is 44.2 Å². The quantitative estimate of drug-likeness (QED) is 0.141. The molecule has 10 rings (SSSR count). The van der Waals surface area contributed by atoms with Crippen molar-refractivity contribution in [3.05, 3.63) is 176 Å². The molecule has 0 atom stereocenters. The third kappa shape index (κ3) is 6.77. The van der Waals surface area contributed by atoms with E-state index >= 15 is 4.39 Å². The van der Waals surface area contributed by atoms with E-state index in [1.807, 2.05) is 93.0 Å². The molecule has 0 fully saturated rings. The number of hydrogen-bond donors (Lipinski definition) is 3. The minimum atomic E-state index is -0.499. The number of benzene rings is 6. The van der Waals surface area contributed by atoms with E-state index in [0.29, 0.717) is 61.6 Å². The lowest BCUT2D eigenvalue weighted by Gasteiger charge is -2.13. The lowest BCUT2D eigenvalue weighted by Crippen LogP contribution is -2.13. The van der Waals surface area contributed by atoms with Gasteiger partial charge in [0.2, 0.25) is 11.4 Å². The number of halogens is 1. The maximum Gasteiger partial charge on any atom is 0.272 e. The number of rotatable bonds is 6. The van der Waals surface area contributed by atoms with Crippen LogP contribution in [0.4, 0.5) is 15.8 Å². The Morgan fingerprint density at radius 1 is 0.619 bits per heavy atom. The molecule has 0 spiro atoms. The second-order valence-corrected chi connectivity index (χ2v) is 14.8. The highest BCUT2D eigenvalue weighted by Crippen LogP contribution is 2.44. The summed E-state index contributed by atoms with van der Waals surface area (Å²) in [5, 5.41) is 27.9. The molecule has 0 unspecified atom stereocenters. The van der Waals surface area contributed by atoms with Gasteiger partial charge in [-0.2, -0.15) is 20.4 Å². The van der Waals surface area contributed by atoms with Crippen LogP contribution in [0.15, 0.2) is 125 Å². The van der Waals surface area contributed by atoms with Gasteiger partial charge in [-0.05, 0) is 69.4 Å². The number of nitrogens with two attached hydrogens (primary N) is 1. The van der Waals surface area contributed by atoms with E-state index in [9.17, 15) is 9.59 Å². The van der Waals surface area contributed by atoms with Crippen LogP contribution in [0.5, 0.6) is 0 Å². The van der Waals surface area contributed by atoms with Crippen molar-refractivity contribution < 1.29 is 4.39 Å². The van der Waals surface area contributed by atoms with Crippen molar-refractivity contribution in [3.8, 4) is 44.8 Å².